The van der Waals surface area contributed by atoms with Gasteiger partial charge in [-0.25, -0.2) is 0 Å². The van der Waals surface area contributed by atoms with Crippen molar-refractivity contribution in [3.63, 3.8) is 0 Å². The molecular formula is C19H25N3O3. The van der Waals surface area contributed by atoms with E-state index in [-0.39, 0.29) is 5.91 Å². The average molecular weight is 343 g/mol. The zero-order valence-electron chi connectivity index (χ0n) is 14.7. The number of amides is 1. The van der Waals surface area contributed by atoms with E-state index in [0.717, 1.165) is 30.6 Å². The minimum Gasteiger partial charge on any atom is -0.496 e. The van der Waals surface area contributed by atoms with Crippen LogP contribution in [-0.4, -0.2) is 29.3 Å². The number of methoxy groups -OCH3 is 1. The van der Waals surface area contributed by atoms with Crippen LogP contribution in [0.5, 0.6) is 5.75 Å². The summed E-state index contributed by atoms with van der Waals surface area (Å²) in [6, 6.07) is 8.26. The molecule has 134 valence electrons. The summed E-state index contributed by atoms with van der Waals surface area (Å²) in [6.07, 6.45) is 6.92. The summed E-state index contributed by atoms with van der Waals surface area (Å²) in [7, 11) is 1.67. The second kappa shape index (κ2) is 8.65. The molecule has 6 heteroatoms. The van der Waals surface area contributed by atoms with E-state index in [4.69, 9.17) is 9.15 Å². The van der Waals surface area contributed by atoms with Crippen molar-refractivity contribution in [2.75, 3.05) is 7.11 Å². The van der Waals surface area contributed by atoms with Gasteiger partial charge in [-0.15, -0.1) is 10.2 Å². The number of aromatic nitrogens is 2. The summed E-state index contributed by atoms with van der Waals surface area (Å²) in [5, 5.41) is 11.2. The molecule has 0 atom stereocenters. The number of carbonyl (C=O) groups is 1. The second-order valence-corrected chi connectivity index (χ2v) is 6.45. The molecule has 0 radical (unpaired) electrons. The second-order valence-electron chi connectivity index (χ2n) is 6.45. The van der Waals surface area contributed by atoms with Crippen LogP contribution in [0.3, 0.4) is 0 Å². The number of hydrogen-bond acceptors (Lipinski definition) is 5. The lowest BCUT2D eigenvalue weighted by Crippen LogP contribution is -2.32. The minimum atomic E-state index is 0.0701. The largest absolute Gasteiger partial charge is 0.496 e. The average Bonchev–Trinajstić information content (AvgIpc) is 3.30. The molecule has 1 aromatic heterocycles. The van der Waals surface area contributed by atoms with E-state index >= 15 is 0 Å². The van der Waals surface area contributed by atoms with E-state index in [1.54, 1.807) is 7.11 Å². The molecule has 0 spiro atoms. The number of ether oxygens (including phenoxy) is 1. The van der Waals surface area contributed by atoms with Crippen LogP contribution in [0.2, 0.25) is 0 Å². The lowest BCUT2D eigenvalue weighted by atomic mass is 10.1. The third-order valence-electron chi connectivity index (χ3n) is 4.60. The van der Waals surface area contributed by atoms with Crippen LogP contribution in [0.4, 0.5) is 0 Å². The first-order chi connectivity index (χ1) is 12.2. The smallest absolute Gasteiger partial charge is 0.220 e. The molecule has 0 saturated heterocycles. The SMILES string of the molecule is COc1ccccc1CCc1nnc(CCC(=O)NC2CCCC2)o1. The van der Waals surface area contributed by atoms with Crippen LogP contribution in [0, 0.1) is 0 Å². The van der Waals surface area contributed by atoms with Gasteiger partial charge in [-0.1, -0.05) is 31.0 Å². The van der Waals surface area contributed by atoms with Gasteiger partial charge in [0.1, 0.15) is 5.75 Å². The Kier molecular flexibility index (Phi) is 6.04. The van der Waals surface area contributed by atoms with Gasteiger partial charge in [-0.3, -0.25) is 4.79 Å². The van der Waals surface area contributed by atoms with Crippen molar-refractivity contribution in [1.82, 2.24) is 15.5 Å². The predicted molar refractivity (Wildman–Crippen MR) is 93.4 cm³/mol. The zero-order chi connectivity index (χ0) is 17.5. The highest BCUT2D eigenvalue weighted by Gasteiger charge is 2.17. The molecule has 0 unspecified atom stereocenters. The first kappa shape index (κ1) is 17.5. The molecule has 1 N–H and O–H groups in total. The molecule has 0 bridgehead atoms. The summed E-state index contributed by atoms with van der Waals surface area (Å²) < 4.78 is 11.0. The van der Waals surface area contributed by atoms with E-state index in [9.17, 15) is 4.79 Å². The fraction of sp³-hybridized carbons (Fsp3) is 0.526. The molecule has 3 rings (SSSR count). The van der Waals surface area contributed by atoms with Gasteiger partial charge in [0, 0.05) is 25.3 Å². The Bertz CT molecular complexity index is 693. The van der Waals surface area contributed by atoms with Crippen LogP contribution in [0.25, 0.3) is 0 Å². The van der Waals surface area contributed by atoms with Crippen molar-refractivity contribution < 1.29 is 13.9 Å². The molecule has 6 nitrogen and oxygen atoms in total. The Morgan fingerprint density at radius 2 is 1.88 bits per heavy atom. The van der Waals surface area contributed by atoms with E-state index in [2.05, 4.69) is 15.5 Å². The number of nitrogens with one attached hydrogen (secondary N) is 1. The van der Waals surface area contributed by atoms with Gasteiger partial charge < -0.3 is 14.5 Å². The van der Waals surface area contributed by atoms with Crippen molar-refractivity contribution in [2.45, 2.75) is 57.4 Å². The molecule has 1 aliphatic carbocycles. The highest BCUT2D eigenvalue weighted by Crippen LogP contribution is 2.19. The molecule has 1 fully saturated rings. The number of carbonyl (C=O) groups excluding carboxylic acids is 1. The lowest BCUT2D eigenvalue weighted by Gasteiger charge is -2.10. The summed E-state index contributed by atoms with van der Waals surface area (Å²) in [4.78, 5) is 11.9. The summed E-state index contributed by atoms with van der Waals surface area (Å²) in [5.41, 5.74) is 1.11. The summed E-state index contributed by atoms with van der Waals surface area (Å²) in [6.45, 7) is 0. The van der Waals surface area contributed by atoms with Crippen LogP contribution in [0.1, 0.15) is 49.4 Å². The maximum Gasteiger partial charge on any atom is 0.220 e. The standard InChI is InChI=1S/C19H25N3O3/c1-24-16-9-5-2-6-14(16)10-12-18-21-22-19(25-18)13-11-17(23)20-15-7-3-4-8-15/h2,5-6,9,15H,3-4,7-8,10-13H2,1H3,(H,20,23). The van der Waals surface area contributed by atoms with Crippen LogP contribution in [-0.2, 0) is 24.1 Å². The fourth-order valence-electron chi connectivity index (χ4n) is 3.23. The van der Waals surface area contributed by atoms with E-state index < -0.39 is 0 Å². The minimum absolute atomic E-state index is 0.0701. The van der Waals surface area contributed by atoms with Gasteiger partial charge >= 0.3 is 0 Å². The maximum atomic E-state index is 11.9. The maximum absolute atomic E-state index is 11.9. The number of rotatable bonds is 8. The van der Waals surface area contributed by atoms with Crippen LogP contribution in [0.15, 0.2) is 28.7 Å². The topological polar surface area (TPSA) is 77.2 Å². The van der Waals surface area contributed by atoms with Gasteiger partial charge in [-0.2, -0.15) is 0 Å². The molecule has 25 heavy (non-hydrogen) atoms. The highest BCUT2D eigenvalue weighted by atomic mass is 16.5. The third-order valence-corrected chi connectivity index (χ3v) is 4.60. The van der Waals surface area contributed by atoms with Crippen molar-refractivity contribution in [3.05, 3.63) is 41.6 Å². The lowest BCUT2D eigenvalue weighted by molar-refractivity contribution is -0.121. The number of para-hydroxylation sites is 1. The molecule has 1 amide bonds. The Labute approximate surface area is 148 Å². The van der Waals surface area contributed by atoms with Gasteiger partial charge in [-0.05, 0) is 30.9 Å². The zero-order valence-corrected chi connectivity index (χ0v) is 14.7. The predicted octanol–water partition coefficient (Wildman–Crippen LogP) is 2.85. The molecular weight excluding hydrogens is 318 g/mol. The summed E-state index contributed by atoms with van der Waals surface area (Å²) >= 11 is 0. The quantitative estimate of drug-likeness (QED) is 0.797. The van der Waals surface area contributed by atoms with Crippen molar-refractivity contribution in [3.8, 4) is 5.75 Å². The monoisotopic (exact) mass is 343 g/mol. The Morgan fingerprint density at radius 3 is 2.64 bits per heavy atom. The van der Waals surface area contributed by atoms with Gasteiger partial charge in [0.05, 0.1) is 7.11 Å². The number of hydrogen-bond donors (Lipinski definition) is 1. The van der Waals surface area contributed by atoms with Crippen molar-refractivity contribution in [1.29, 1.82) is 0 Å². The summed E-state index contributed by atoms with van der Waals surface area (Å²) in [5.74, 6) is 2.06. The molecule has 1 aromatic carbocycles. The van der Waals surface area contributed by atoms with Gasteiger partial charge in [0.25, 0.3) is 0 Å². The molecule has 2 aromatic rings. The molecule has 0 aliphatic heterocycles. The molecule has 1 saturated carbocycles. The Morgan fingerprint density at radius 1 is 1.16 bits per heavy atom. The highest BCUT2D eigenvalue weighted by molar-refractivity contribution is 5.76. The number of aryl methyl sites for hydroxylation is 3. The van der Waals surface area contributed by atoms with Gasteiger partial charge in [0.15, 0.2) is 0 Å². The van der Waals surface area contributed by atoms with E-state index in [1.807, 2.05) is 24.3 Å². The first-order valence-electron chi connectivity index (χ1n) is 8.97. The van der Waals surface area contributed by atoms with Crippen molar-refractivity contribution in [2.24, 2.45) is 0 Å². The van der Waals surface area contributed by atoms with Crippen molar-refractivity contribution >= 4 is 5.91 Å². The normalized spacial score (nSPS) is 14.6. The molecule has 1 heterocycles. The Balaban J connectivity index is 1.44. The van der Waals surface area contributed by atoms with Crippen LogP contribution < -0.4 is 10.1 Å². The van der Waals surface area contributed by atoms with Gasteiger partial charge in [0.2, 0.25) is 17.7 Å². The first-order valence-corrected chi connectivity index (χ1v) is 8.97. The van der Waals surface area contributed by atoms with Crippen LogP contribution >= 0.6 is 0 Å². The fourth-order valence-corrected chi connectivity index (χ4v) is 3.23. The third kappa shape index (κ3) is 5.05. The number of nitrogens with zero attached hydrogens (tertiary/aromatic N) is 2. The number of benzene rings is 1. The van der Waals surface area contributed by atoms with E-state index in [1.165, 1.54) is 12.8 Å². The molecule has 1 aliphatic rings. The van der Waals surface area contributed by atoms with E-state index in [0.29, 0.717) is 37.1 Å². The Hall–Kier alpha value is -2.37.